The zero-order valence-corrected chi connectivity index (χ0v) is 18.6. The number of oxime groups is 1. The Kier molecular flexibility index (Phi) is 4.34. The van der Waals surface area contributed by atoms with Crippen LogP contribution in [0.4, 0.5) is 5.82 Å². The summed E-state index contributed by atoms with van der Waals surface area (Å²) in [4.78, 5) is 14.1. The summed E-state index contributed by atoms with van der Waals surface area (Å²) in [7, 11) is 1.59. The SMILES string of the molecule is CON=C1c2cc(B3CC(C)(C)C(C)(C)C3)ccc2-c2ncnc(N)c2C1(C)C. The molecule has 0 atom stereocenters. The van der Waals surface area contributed by atoms with Crippen LogP contribution in [-0.2, 0) is 10.3 Å². The molecule has 0 spiro atoms. The molecular formula is C23H31BN4O. The topological polar surface area (TPSA) is 73.4 Å². The lowest BCUT2D eigenvalue weighted by molar-refractivity contribution is 0.177. The van der Waals surface area contributed by atoms with Crippen LogP contribution in [0.2, 0.25) is 12.6 Å². The summed E-state index contributed by atoms with van der Waals surface area (Å²) in [5, 5.41) is 4.45. The molecule has 6 heteroatoms. The number of nitrogens with zero attached hydrogens (tertiary/aromatic N) is 3. The lowest BCUT2D eigenvalue weighted by Gasteiger charge is -2.35. The van der Waals surface area contributed by atoms with Gasteiger partial charge in [-0.15, -0.1) is 0 Å². The third kappa shape index (κ3) is 2.87. The van der Waals surface area contributed by atoms with Crippen molar-refractivity contribution in [2.75, 3.05) is 12.8 Å². The van der Waals surface area contributed by atoms with E-state index in [1.165, 1.54) is 18.1 Å². The van der Waals surface area contributed by atoms with E-state index in [1.54, 1.807) is 13.4 Å². The van der Waals surface area contributed by atoms with Gasteiger partial charge in [0.05, 0.1) is 11.4 Å². The van der Waals surface area contributed by atoms with Gasteiger partial charge in [-0.2, -0.15) is 0 Å². The number of anilines is 1. The Morgan fingerprint density at radius 3 is 2.28 bits per heavy atom. The second-order valence-electron chi connectivity index (χ2n) is 10.4. The highest BCUT2D eigenvalue weighted by atomic mass is 16.6. The molecule has 1 fully saturated rings. The van der Waals surface area contributed by atoms with Crippen LogP contribution in [0.15, 0.2) is 29.7 Å². The molecule has 5 nitrogen and oxygen atoms in total. The van der Waals surface area contributed by atoms with Crippen molar-refractivity contribution in [2.24, 2.45) is 16.0 Å². The summed E-state index contributed by atoms with van der Waals surface area (Å²) in [6.07, 6.45) is 3.91. The minimum absolute atomic E-state index is 0.310. The van der Waals surface area contributed by atoms with Crippen molar-refractivity contribution in [3.63, 3.8) is 0 Å². The van der Waals surface area contributed by atoms with Gasteiger partial charge in [0, 0.05) is 22.1 Å². The number of benzene rings is 1. The van der Waals surface area contributed by atoms with Crippen LogP contribution < -0.4 is 11.2 Å². The number of hydrogen-bond acceptors (Lipinski definition) is 5. The first-order valence-corrected chi connectivity index (χ1v) is 10.4. The van der Waals surface area contributed by atoms with Gasteiger partial charge in [-0.3, -0.25) is 0 Å². The van der Waals surface area contributed by atoms with Gasteiger partial charge in [0.1, 0.15) is 19.3 Å². The Morgan fingerprint density at radius 2 is 1.66 bits per heavy atom. The van der Waals surface area contributed by atoms with Crippen molar-refractivity contribution >= 4 is 23.7 Å². The van der Waals surface area contributed by atoms with E-state index in [1.807, 2.05) is 0 Å². The van der Waals surface area contributed by atoms with Gasteiger partial charge in [-0.05, 0) is 24.7 Å². The van der Waals surface area contributed by atoms with E-state index in [-0.39, 0.29) is 0 Å². The quantitative estimate of drug-likeness (QED) is 0.618. The van der Waals surface area contributed by atoms with E-state index < -0.39 is 5.41 Å². The van der Waals surface area contributed by atoms with Crippen molar-refractivity contribution in [1.82, 2.24) is 9.97 Å². The molecule has 2 N–H and O–H groups in total. The summed E-state index contributed by atoms with van der Waals surface area (Å²) in [5.74, 6) is 0.498. The molecule has 1 aliphatic heterocycles. The minimum Gasteiger partial charge on any atom is -0.399 e. The van der Waals surface area contributed by atoms with Gasteiger partial charge < -0.3 is 10.6 Å². The molecule has 152 valence electrons. The van der Waals surface area contributed by atoms with Crippen LogP contribution in [0.25, 0.3) is 11.3 Å². The number of hydrogen-bond donors (Lipinski definition) is 1. The first kappa shape index (κ1) is 19.9. The highest BCUT2D eigenvalue weighted by molar-refractivity contribution is 6.74. The van der Waals surface area contributed by atoms with Gasteiger partial charge in [0.15, 0.2) is 6.71 Å². The van der Waals surface area contributed by atoms with Crippen LogP contribution >= 0.6 is 0 Å². The largest absolute Gasteiger partial charge is 0.399 e. The Morgan fingerprint density at radius 1 is 1.00 bits per heavy atom. The number of nitrogen functional groups attached to an aromatic ring is 1. The molecule has 29 heavy (non-hydrogen) atoms. The molecular weight excluding hydrogens is 359 g/mol. The zero-order chi connectivity index (χ0) is 21.2. The molecule has 1 saturated heterocycles. The van der Waals surface area contributed by atoms with Crippen molar-refractivity contribution in [3.05, 3.63) is 35.7 Å². The summed E-state index contributed by atoms with van der Waals surface area (Å²) >= 11 is 0. The van der Waals surface area contributed by atoms with E-state index in [0.29, 0.717) is 23.4 Å². The molecule has 0 saturated carbocycles. The predicted octanol–water partition coefficient (Wildman–Crippen LogP) is 4.14. The fourth-order valence-electron chi connectivity index (χ4n) is 5.24. The molecule has 1 aromatic carbocycles. The molecule has 0 amide bonds. The second-order valence-corrected chi connectivity index (χ2v) is 10.4. The van der Waals surface area contributed by atoms with E-state index in [9.17, 15) is 0 Å². The molecule has 4 rings (SSSR count). The molecule has 1 aliphatic carbocycles. The maximum atomic E-state index is 6.27. The third-order valence-corrected chi connectivity index (χ3v) is 7.65. The van der Waals surface area contributed by atoms with Gasteiger partial charge in [-0.1, -0.05) is 69.2 Å². The number of aromatic nitrogens is 2. The lowest BCUT2D eigenvalue weighted by Crippen LogP contribution is -2.38. The van der Waals surface area contributed by atoms with E-state index in [0.717, 1.165) is 28.1 Å². The smallest absolute Gasteiger partial charge is 0.177 e. The number of rotatable bonds is 2. The molecule has 2 aliphatic rings. The molecule has 1 aromatic heterocycles. The predicted molar refractivity (Wildman–Crippen MR) is 121 cm³/mol. The number of fused-ring (bicyclic) bond motifs is 3. The van der Waals surface area contributed by atoms with Crippen LogP contribution in [-0.4, -0.2) is 29.5 Å². The minimum atomic E-state index is -0.448. The van der Waals surface area contributed by atoms with E-state index in [2.05, 4.69) is 74.9 Å². The summed E-state index contributed by atoms with van der Waals surface area (Å²) in [6.45, 7) is 14.3. The Balaban J connectivity index is 1.90. The molecule has 0 unspecified atom stereocenters. The molecule has 0 radical (unpaired) electrons. The first-order valence-electron chi connectivity index (χ1n) is 10.4. The standard InChI is InChI=1S/C23H31BN4O/c1-21(2)11-24(12-22(21,3)4)14-8-9-15-16(10-14)19(28-29-7)23(5,6)17-18(15)26-13-27-20(17)25/h8-10,13H,11-12H2,1-7H3,(H2,25,26,27). The fourth-order valence-corrected chi connectivity index (χ4v) is 5.24. The summed E-state index contributed by atoms with van der Waals surface area (Å²) in [6, 6.07) is 6.73. The Bertz CT molecular complexity index is 994. The van der Waals surface area contributed by atoms with Gasteiger partial charge >= 0.3 is 0 Å². The van der Waals surface area contributed by atoms with Crippen LogP contribution in [0, 0.1) is 10.8 Å². The maximum absolute atomic E-state index is 6.27. The fraction of sp³-hybridized carbons (Fsp3) is 0.522. The summed E-state index contributed by atoms with van der Waals surface area (Å²) < 4.78 is 0. The monoisotopic (exact) mass is 390 g/mol. The Labute approximate surface area is 174 Å². The lowest BCUT2D eigenvalue weighted by atomic mass is 9.42. The van der Waals surface area contributed by atoms with Crippen LogP contribution in [0.5, 0.6) is 0 Å². The van der Waals surface area contributed by atoms with Crippen molar-refractivity contribution in [3.8, 4) is 11.3 Å². The molecule has 0 bridgehead atoms. The molecule has 2 aromatic rings. The molecule has 2 heterocycles. The van der Waals surface area contributed by atoms with Crippen LogP contribution in [0.1, 0.15) is 52.7 Å². The van der Waals surface area contributed by atoms with Gasteiger partial charge in [-0.25, -0.2) is 9.97 Å². The highest BCUT2D eigenvalue weighted by Gasteiger charge is 2.48. The summed E-state index contributed by atoms with van der Waals surface area (Å²) in [5.41, 5.74) is 12.6. The van der Waals surface area contributed by atoms with Crippen LogP contribution in [0.3, 0.4) is 0 Å². The number of nitrogens with two attached hydrogens (primary N) is 1. The van der Waals surface area contributed by atoms with Gasteiger partial charge in [0.2, 0.25) is 0 Å². The first-order chi connectivity index (χ1) is 13.5. The van der Waals surface area contributed by atoms with Crippen molar-refractivity contribution in [1.29, 1.82) is 0 Å². The van der Waals surface area contributed by atoms with E-state index >= 15 is 0 Å². The van der Waals surface area contributed by atoms with E-state index in [4.69, 9.17) is 10.6 Å². The third-order valence-electron chi connectivity index (χ3n) is 7.65. The van der Waals surface area contributed by atoms with Gasteiger partial charge in [0.25, 0.3) is 0 Å². The average molecular weight is 390 g/mol. The normalized spacial score (nSPS) is 22.3. The average Bonchev–Trinajstić information content (AvgIpc) is 2.85. The Hall–Kier alpha value is -2.37. The zero-order valence-electron chi connectivity index (χ0n) is 18.6. The van der Waals surface area contributed by atoms with Crippen molar-refractivity contribution < 1.29 is 4.84 Å². The highest BCUT2D eigenvalue weighted by Crippen LogP contribution is 2.53. The van der Waals surface area contributed by atoms with Crippen molar-refractivity contribution in [2.45, 2.75) is 59.6 Å². The second kappa shape index (κ2) is 6.31. The maximum Gasteiger partial charge on any atom is 0.177 e.